The largest absolute Gasteiger partial charge is 0.493 e. The van der Waals surface area contributed by atoms with Crippen molar-refractivity contribution in [1.82, 2.24) is 9.97 Å². The van der Waals surface area contributed by atoms with E-state index in [2.05, 4.69) is 21.4 Å². The molecule has 2 heterocycles. The van der Waals surface area contributed by atoms with Crippen molar-refractivity contribution in [3.8, 4) is 34.3 Å². The van der Waals surface area contributed by atoms with Crippen LogP contribution in [0.15, 0.2) is 42.6 Å². The molecule has 2 aromatic carbocycles. The van der Waals surface area contributed by atoms with Crippen LogP contribution in [0.1, 0.15) is 5.56 Å². The third-order valence-corrected chi connectivity index (χ3v) is 4.56. The molecule has 0 bridgehead atoms. The number of hydrogen-bond acceptors (Lipinski definition) is 7. The van der Waals surface area contributed by atoms with Gasteiger partial charge in [-0.15, -0.1) is 0 Å². The van der Waals surface area contributed by atoms with Gasteiger partial charge in [-0.1, -0.05) is 0 Å². The van der Waals surface area contributed by atoms with Crippen LogP contribution in [0.2, 0.25) is 0 Å². The van der Waals surface area contributed by atoms with Crippen molar-refractivity contribution in [3.05, 3.63) is 48.2 Å². The Bertz CT molecular complexity index is 982. The fourth-order valence-corrected chi connectivity index (χ4v) is 3.21. The first-order valence-electron chi connectivity index (χ1n) is 8.88. The summed E-state index contributed by atoms with van der Waals surface area (Å²) in [6.07, 6.45) is 2.65. The van der Waals surface area contributed by atoms with Crippen LogP contribution in [0.5, 0.6) is 23.0 Å². The lowest BCUT2D eigenvalue weighted by atomic mass is 10.1. The van der Waals surface area contributed by atoms with E-state index in [1.54, 1.807) is 27.5 Å². The molecule has 0 fully saturated rings. The van der Waals surface area contributed by atoms with Gasteiger partial charge in [0.05, 0.1) is 33.6 Å². The van der Waals surface area contributed by atoms with Crippen LogP contribution < -0.4 is 24.3 Å². The smallest absolute Gasteiger partial charge is 0.227 e. The lowest BCUT2D eigenvalue weighted by Gasteiger charge is -2.14. The number of nitrogens with zero attached hydrogens (tertiary/aromatic N) is 2. The van der Waals surface area contributed by atoms with E-state index in [0.717, 1.165) is 35.7 Å². The van der Waals surface area contributed by atoms with Gasteiger partial charge in [0.2, 0.25) is 11.7 Å². The summed E-state index contributed by atoms with van der Waals surface area (Å²) in [6.45, 7) is 0.733. The maximum atomic E-state index is 5.58. The summed E-state index contributed by atoms with van der Waals surface area (Å²) in [6, 6.07) is 11.6. The van der Waals surface area contributed by atoms with Crippen LogP contribution in [-0.2, 0) is 6.42 Å². The Hall–Kier alpha value is -3.48. The number of aromatic nitrogens is 2. The van der Waals surface area contributed by atoms with Crippen molar-refractivity contribution in [2.24, 2.45) is 0 Å². The predicted octanol–water partition coefficient (Wildman–Crippen LogP) is 3.85. The van der Waals surface area contributed by atoms with Crippen molar-refractivity contribution in [2.75, 3.05) is 33.3 Å². The van der Waals surface area contributed by atoms with Gasteiger partial charge in [-0.05, 0) is 29.8 Å². The fraction of sp³-hybridized carbons (Fsp3) is 0.238. The van der Waals surface area contributed by atoms with Crippen LogP contribution in [0.25, 0.3) is 11.3 Å². The minimum absolute atomic E-state index is 0.475. The van der Waals surface area contributed by atoms with Gasteiger partial charge in [-0.2, -0.15) is 0 Å². The Morgan fingerprint density at radius 1 is 0.964 bits per heavy atom. The Labute approximate surface area is 163 Å². The Morgan fingerprint density at radius 3 is 2.46 bits per heavy atom. The second kappa shape index (κ2) is 7.64. The van der Waals surface area contributed by atoms with Crippen molar-refractivity contribution in [2.45, 2.75) is 6.42 Å². The van der Waals surface area contributed by atoms with E-state index >= 15 is 0 Å². The van der Waals surface area contributed by atoms with Gasteiger partial charge >= 0.3 is 0 Å². The predicted molar refractivity (Wildman–Crippen MR) is 106 cm³/mol. The van der Waals surface area contributed by atoms with Gasteiger partial charge in [0.15, 0.2) is 11.5 Å². The normalized spacial score (nSPS) is 12.1. The van der Waals surface area contributed by atoms with E-state index in [-0.39, 0.29) is 0 Å². The maximum absolute atomic E-state index is 5.58. The molecule has 7 nitrogen and oxygen atoms in total. The van der Waals surface area contributed by atoms with E-state index < -0.39 is 0 Å². The molecule has 0 atom stereocenters. The molecule has 0 amide bonds. The average Bonchev–Trinajstić information content (AvgIpc) is 3.21. The number of anilines is 2. The van der Waals surface area contributed by atoms with Crippen molar-refractivity contribution >= 4 is 11.6 Å². The van der Waals surface area contributed by atoms with Gasteiger partial charge in [0, 0.05) is 36.0 Å². The summed E-state index contributed by atoms with van der Waals surface area (Å²) in [4.78, 5) is 8.97. The first-order chi connectivity index (χ1) is 13.7. The Balaban J connectivity index is 1.64. The SMILES string of the molecule is COc1cc(Nc2nccc(-c3ccc4c(c3)CCO4)n2)cc(OC)c1OC. The first-order valence-corrected chi connectivity index (χ1v) is 8.88. The molecule has 1 aromatic heterocycles. The topological polar surface area (TPSA) is 74.7 Å². The third kappa shape index (κ3) is 3.38. The van der Waals surface area contributed by atoms with Gasteiger partial charge in [0.25, 0.3) is 0 Å². The highest BCUT2D eigenvalue weighted by atomic mass is 16.5. The maximum Gasteiger partial charge on any atom is 0.227 e. The number of rotatable bonds is 6. The highest BCUT2D eigenvalue weighted by Crippen LogP contribution is 2.40. The molecule has 28 heavy (non-hydrogen) atoms. The van der Waals surface area contributed by atoms with Crippen LogP contribution in [-0.4, -0.2) is 37.9 Å². The van der Waals surface area contributed by atoms with E-state index in [1.165, 1.54) is 5.56 Å². The summed E-state index contributed by atoms with van der Waals surface area (Å²) in [7, 11) is 4.73. The fourth-order valence-electron chi connectivity index (χ4n) is 3.21. The molecular weight excluding hydrogens is 358 g/mol. The molecule has 0 radical (unpaired) electrons. The number of benzene rings is 2. The molecule has 1 aliphatic heterocycles. The summed E-state index contributed by atoms with van der Waals surface area (Å²) >= 11 is 0. The molecule has 1 aliphatic rings. The van der Waals surface area contributed by atoms with Crippen molar-refractivity contribution < 1.29 is 18.9 Å². The van der Waals surface area contributed by atoms with Crippen LogP contribution in [0.4, 0.5) is 11.6 Å². The summed E-state index contributed by atoms with van der Waals surface area (Å²) in [5.41, 5.74) is 3.79. The van der Waals surface area contributed by atoms with E-state index in [9.17, 15) is 0 Å². The third-order valence-electron chi connectivity index (χ3n) is 4.56. The zero-order valence-corrected chi connectivity index (χ0v) is 16.0. The van der Waals surface area contributed by atoms with Crippen molar-refractivity contribution in [1.29, 1.82) is 0 Å². The average molecular weight is 379 g/mol. The molecule has 7 heteroatoms. The highest BCUT2D eigenvalue weighted by molar-refractivity contribution is 5.68. The van der Waals surface area contributed by atoms with Crippen molar-refractivity contribution in [3.63, 3.8) is 0 Å². The standard InChI is InChI=1S/C21H21N3O4/c1-25-18-11-15(12-19(26-2)20(18)27-3)23-21-22-8-6-16(24-21)13-4-5-17-14(10-13)7-9-28-17/h4-6,8,10-12H,7,9H2,1-3H3,(H,22,23,24). The molecule has 0 unspecified atom stereocenters. The minimum Gasteiger partial charge on any atom is -0.493 e. The molecule has 0 spiro atoms. The van der Waals surface area contributed by atoms with E-state index in [0.29, 0.717) is 23.2 Å². The zero-order chi connectivity index (χ0) is 19.5. The number of ether oxygens (including phenoxy) is 4. The van der Waals surface area contributed by atoms with Gasteiger partial charge < -0.3 is 24.3 Å². The lowest BCUT2D eigenvalue weighted by molar-refractivity contribution is 0.324. The van der Waals surface area contributed by atoms with Crippen LogP contribution >= 0.6 is 0 Å². The molecule has 144 valence electrons. The number of fused-ring (bicyclic) bond motifs is 1. The number of methoxy groups -OCH3 is 3. The molecule has 0 aliphatic carbocycles. The molecule has 3 aromatic rings. The van der Waals surface area contributed by atoms with E-state index in [1.807, 2.05) is 30.3 Å². The highest BCUT2D eigenvalue weighted by Gasteiger charge is 2.15. The summed E-state index contributed by atoms with van der Waals surface area (Å²) in [5, 5.41) is 3.20. The quantitative estimate of drug-likeness (QED) is 0.697. The molecule has 1 N–H and O–H groups in total. The minimum atomic E-state index is 0.475. The van der Waals surface area contributed by atoms with Crippen LogP contribution in [0, 0.1) is 0 Å². The molecule has 4 rings (SSSR count). The van der Waals surface area contributed by atoms with E-state index in [4.69, 9.17) is 18.9 Å². The zero-order valence-electron chi connectivity index (χ0n) is 16.0. The second-order valence-corrected chi connectivity index (χ2v) is 6.23. The van der Waals surface area contributed by atoms with Crippen LogP contribution in [0.3, 0.4) is 0 Å². The summed E-state index contributed by atoms with van der Waals surface area (Å²) < 4.78 is 21.7. The Morgan fingerprint density at radius 2 is 1.75 bits per heavy atom. The molecular formula is C21H21N3O4. The van der Waals surface area contributed by atoms with Gasteiger partial charge in [0.1, 0.15) is 5.75 Å². The van der Waals surface area contributed by atoms with Gasteiger partial charge in [-0.3, -0.25) is 0 Å². The van der Waals surface area contributed by atoms with Gasteiger partial charge in [-0.25, -0.2) is 9.97 Å². The molecule has 0 saturated heterocycles. The summed E-state index contributed by atoms with van der Waals surface area (Å²) in [5.74, 6) is 3.07. The lowest BCUT2D eigenvalue weighted by Crippen LogP contribution is -2.00. The second-order valence-electron chi connectivity index (χ2n) is 6.23. The first kappa shape index (κ1) is 17.9. The molecule has 0 saturated carbocycles. The number of nitrogens with one attached hydrogen (secondary N) is 1. The monoisotopic (exact) mass is 379 g/mol. The Kier molecular flexibility index (Phi) is 4.89. The number of hydrogen-bond donors (Lipinski definition) is 1.